The van der Waals surface area contributed by atoms with E-state index in [1.165, 1.54) is 24.3 Å². The predicted molar refractivity (Wildman–Crippen MR) is 201 cm³/mol. The van der Waals surface area contributed by atoms with Crippen LogP contribution < -0.4 is 15.5 Å². The zero-order valence-electron chi connectivity index (χ0n) is 29.1. The van der Waals surface area contributed by atoms with Crippen molar-refractivity contribution in [3.63, 3.8) is 0 Å². The Kier molecular flexibility index (Phi) is 18.0. The quantitative estimate of drug-likeness (QED) is 0.0395. The Labute approximate surface area is 299 Å². The summed E-state index contributed by atoms with van der Waals surface area (Å²) in [5, 5.41) is 42.4. The fourth-order valence-electron chi connectivity index (χ4n) is 4.76. The highest BCUT2D eigenvalue weighted by atomic mass is 16.5. The number of aromatic hydroxyl groups is 4. The highest BCUT2D eigenvalue weighted by Crippen LogP contribution is 2.38. The van der Waals surface area contributed by atoms with Gasteiger partial charge in [-0.05, 0) is 63.1 Å². The summed E-state index contributed by atoms with van der Waals surface area (Å²) in [7, 11) is 0. The highest BCUT2D eigenvalue weighted by molar-refractivity contribution is 5.88. The Morgan fingerprint density at radius 1 is 0.725 bits per heavy atom. The van der Waals surface area contributed by atoms with Crippen LogP contribution in [0.1, 0.15) is 58.3 Å². The second-order valence-corrected chi connectivity index (χ2v) is 11.4. The minimum atomic E-state index is -0.699. The summed E-state index contributed by atoms with van der Waals surface area (Å²) in [5.41, 5.74) is -0.578. The van der Waals surface area contributed by atoms with Crippen LogP contribution in [0.25, 0.3) is 22.3 Å². The minimum absolute atomic E-state index is 0.0667. The number of amides is 1. The topological polar surface area (TPSA) is 159 Å². The monoisotopic (exact) mass is 699 g/mol. The Morgan fingerprint density at radius 3 is 1.94 bits per heavy atom. The maximum atomic E-state index is 13.3. The van der Waals surface area contributed by atoms with Gasteiger partial charge in [0, 0.05) is 30.7 Å². The van der Waals surface area contributed by atoms with Crippen LogP contribution in [0.4, 0.5) is 0 Å². The zero-order chi connectivity index (χ0) is 36.7. The minimum Gasteiger partial charge on any atom is -0.508 e. The molecule has 272 valence electrons. The van der Waals surface area contributed by atoms with Crippen LogP contribution in [-0.4, -0.2) is 52.7 Å². The van der Waals surface area contributed by atoms with Crippen molar-refractivity contribution in [3.8, 4) is 40.1 Å². The molecule has 0 aliphatic rings. The van der Waals surface area contributed by atoms with Gasteiger partial charge in [0.15, 0.2) is 17.3 Å². The number of nitrogens with one attached hydrogen (secondary N) is 1. The Hall–Kier alpha value is -5.48. The first-order valence-electron chi connectivity index (χ1n) is 17.2. The summed E-state index contributed by atoms with van der Waals surface area (Å²) in [6, 6.07) is 6.01. The van der Waals surface area contributed by atoms with Crippen LogP contribution in [-0.2, 0) is 9.53 Å². The van der Waals surface area contributed by atoms with E-state index >= 15 is 0 Å². The molecule has 1 amide bonds. The molecule has 5 N–H and O–H groups in total. The van der Waals surface area contributed by atoms with Crippen LogP contribution >= 0.6 is 0 Å². The number of benzene rings is 2. The molecule has 10 heteroatoms. The van der Waals surface area contributed by atoms with Gasteiger partial charge in [0.1, 0.15) is 29.1 Å². The van der Waals surface area contributed by atoms with Crippen molar-refractivity contribution in [1.82, 2.24) is 5.32 Å². The van der Waals surface area contributed by atoms with Crippen LogP contribution in [0.15, 0.2) is 112 Å². The summed E-state index contributed by atoms with van der Waals surface area (Å²) in [5.74, 6) is -2.03. The van der Waals surface area contributed by atoms with E-state index in [4.69, 9.17) is 13.9 Å². The fraction of sp³-hybridized carbons (Fsp3) is 0.317. The van der Waals surface area contributed by atoms with Crippen molar-refractivity contribution in [3.05, 3.63) is 113 Å². The molecule has 0 radical (unpaired) electrons. The summed E-state index contributed by atoms with van der Waals surface area (Å²) >= 11 is 0. The second kappa shape index (κ2) is 23.0. The zero-order valence-corrected chi connectivity index (χ0v) is 29.1. The molecule has 0 atom stereocenters. The number of hydrogen-bond acceptors (Lipinski definition) is 9. The third kappa shape index (κ3) is 14.5. The Balaban J connectivity index is 1.30. The van der Waals surface area contributed by atoms with Gasteiger partial charge in [-0.1, -0.05) is 79.8 Å². The van der Waals surface area contributed by atoms with Crippen molar-refractivity contribution < 1.29 is 39.1 Å². The van der Waals surface area contributed by atoms with Crippen LogP contribution in [0, 0.1) is 0 Å². The lowest BCUT2D eigenvalue weighted by molar-refractivity contribution is -0.121. The lowest BCUT2D eigenvalue weighted by Gasteiger charge is -2.13. The third-order valence-corrected chi connectivity index (χ3v) is 7.33. The van der Waals surface area contributed by atoms with Gasteiger partial charge in [-0.2, -0.15) is 0 Å². The molecular formula is C41H49NO9. The van der Waals surface area contributed by atoms with Crippen LogP contribution in [0.3, 0.4) is 0 Å². The molecule has 0 saturated carbocycles. The van der Waals surface area contributed by atoms with E-state index in [1.807, 2.05) is 12.2 Å². The number of phenolic OH excluding ortho intramolecular Hbond substituents is 4. The predicted octanol–water partition coefficient (Wildman–Crippen LogP) is 8.27. The molecule has 2 aromatic carbocycles. The Bertz CT molecular complexity index is 1780. The maximum Gasteiger partial charge on any atom is 0.239 e. The van der Waals surface area contributed by atoms with Gasteiger partial charge in [0.25, 0.3) is 0 Å². The molecule has 0 aliphatic carbocycles. The second-order valence-electron chi connectivity index (χ2n) is 11.4. The molecule has 0 aliphatic heterocycles. The van der Waals surface area contributed by atoms with Gasteiger partial charge in [0.2, 0.25) is 17.1 Å². The van der Waals surface area contributed by atoms with Crippen molar-refractivity contribution in [2.24, 2.45) is 0 Å². The highest BCUT2D eigenvalue weighted by Gasteiger charge is 2.21. The van der Waals surface area contributed by atoms with Crippen molar-refractivity contribution in [1.29, 1.82) is 0 Å². The van der Waals surface area contributed by atoms with Gasteiger partial charge in [0.05, 0.1) is 13.2 Å². The normalized spacial score (nSPS) is 12.3. The number of carbonyl (C=O) groups excluding carboxylic acids is 1. The number of phenols is 4. The fourth-order valence-corrected chi connectivity index (χ4v) is 4.76. The van der Waals surface area contributed by atoms with Gasteiger partial charge >= 0.3 is 0 Å². The summed E-state index contributed by atoms with van der Waals surface area (Å²) in [4.78, 5) is 25.4. The molecule has 1 aromatic heterocycles. The summed E-state index contributed by atoms with van der Waals surface area (Å²) in [6.45, 7) is 2.67. The van der Waals surface area contributed by atoms with E-state index in [0.717, 1.165) is 44.6 Å². The van der Waals surface area contributed by atoms with E-state index in [-0.39, 0.29) is 65.3 Å². The molecule has 51 heavy (non-hydrogen) atoms. The van der Waals surface area contributed by atoms with Crippen molar-refractivity contribution >= 4 is 16.9 Å². The van der Waals surface area contributed by atoms with E-state index < -0.39 is 16.9 Å². The maximum absolute atomic E-state index is 13.3. The molecule has 0 spiro atoms. The molecule has 0 unspecified atom stereocenters. The lowest BCUT2D eigenvalue weighted by atomic mass is 10.1. The lowest BCUT2D eigenvalue weighted by Crippen LogP contribution is -2.27. The summed E-state index contributed by atoms with van der Waals surface area (Å²) in [6.07, 6.45) is 32.4. The number of fused-ring (bicyclic) bond motifs is 1. The number of ether oxygens (including phenoxy) is 2. The first-order chi connectivity index (χ1) is 24.8. The Morgan fingerprint density at radius 2 is 1.33 bits per heavy atom. The molecule has 0 fully saturated rings. The molecule has 3 aromatic rings. The van der Waals surface area contributed by atoms with Gasteiger partial charge in [-0.3, -0.25) is 9.59 Å². The SMILES string of the molecule is CC/C=C\C/C=C\C/C=C\C/C=C\C/C=C\C/C=C\CCC(=O)NCCOCCOc1c(-c2ccc(O)c(O)c2)oc2cc(O)cc(O)c2c1=O. The third-order valence-electron chi connectivity index (χ3n) is 7.33. The molecule has 10 nitrogen and oxygen atoms in total. The summed E-state index contributed by atoms with van der Waals surface area (Å²) < 4.78 is 17.0. The average molecular weight is 700 g/mol. The van der Waals surface area contributed by atoms with Gasteiger partial charge in [-0.15, -0.1) is 0 Å². The van der Waals surface area contributed by atoms with Crippen LogP contribution in [0.2, 0.25) is 0 Å². The van der Waals surface area contributed by atoms with Gasteiger partial charge in [-0.25, -0.2) is 0 Å². The van der Waals surface area contributed by atoms with E-state index in [1.54, 1.807) is 0 Å². The first-order valence-corrected chi connectivity index (χ1v) is 17.2. The van der Waals surface area contributed by atoms with E-state index in [9.17, 15) is 30.0 Å². The van der Waals surface area contributed by atoms with E-state index in [0.29, 0.717) is 19.4 Å². The average Bonchev–Trinajstić information content (AvgIpc) is 3.10. The first kappa shape index (κ1) is 40.0. The van der Waals surface area contributed by atoms with E-state index in [2.05, 4.69) is 73.0 Å². The number of carbonyl (C=O) groups is 1. The van der Waals surface area contributed by atoms with Crippen LogP contribution in [0.5, 0.6) is 28.7 Å². The molecule has 0 bridgehead atoms. The largest absolute Gasteiger partial charge is 0.508 e. The van der Waals surface area contributed by atoms with Crippen molar-refractivity contribution in [2.75, 3.05) is 26.4 Å². The number of allylic oxidation sites excluding steroid dienone is 12. The standard InChI is InChI=1S/C41H49NO9/c1-2-3-4-5-6-7-8-9-10-11-12-13-14-15-16-17-18-19-20-21-37(47)42-24-25-49-26-27-50-41-39(48)38-35(46)29-32(43)30-36(38)51-40(41)31-22-23-33(44)34(45)28-31/h3-4,6-7,9-10,12-13,15-16,18-19,22-23,28-30,43-46H,2,5,8,11,14,17,20-21,24-27H2,1H3,(H,42,47)/b4-3-,7-6-,10-9-,13-12-,16-15-,19-18-. The smallest absolute Gasteiger partial charge is 0.239 e. The van der Waals surface area contributed by atoms with Gasteiger partial charge < -0.3 is 39.6 Å². The van der Waals surface area contributed by atoms with Crippen molar-refractivity contribution in [2.45, 2.75) is 58.3 Å². The molecule has 0 saturated heterocycles. The number of rotatable bonds is 22. The molecular weight excluding hydrogens is 650 g/mol. The molecule has 1 heterocycles. The molecule has 3 rings (SSSR count). The number of hydrogen-bond donors (Lipinski definition) is 5.